The summed E-state index contributed by atoms with van der Waals surface area (Å²) >= 11 is 3.38. The summed E-state index contributed by atoms with van der Waals surface area (Å²) in [5.74, 6) is 0.274. The molecule has 6 heteroatoms. The average molecular weight is 391 g/mol. The van der Waals surface area contributed by atoms with Crippen LogP contribution >= 0.6 is 15.9 Å². The normalized spacial score (nSPS) is 12.6. The van der Waals surface area contributed by atoms with Gasteiger partial charge >= 0.3 is 5.97 Å². The average Bonchev–Trinajstić information content (AvgIpc) is 2.61. The van der Waals surface area contributed by atoms with Crippen molar-refractivity contribution in [1.29, 1.82) is 0 Å². The first-order chi connectivity index (χ1) is 11.5. The van der Waals surface area contributed by atoms with Gasteiger partial charge in [-0.25, -0.2) is 4.79 Å². The minimum Gasteiger partial charge on any atom is -0.486 e. The van der Waals surface area contributed by atoms with Gasteiger partial charge in [0.2, 0.25) is 0 Å². The van der Waals surface area contributed by atoms with Crippen LogP contribution in [0.1, 0.15) is 26.3 Å². The number of rotatable bonds is 4. The molecule has 0 radical (unpaired) electrons. The number of esters is 1. The summed E-state index contributed by atoms with van der Waals surface area (Å²) < 4.78 is 16.9. The summed E-state index contributed by atoms with van der Waals surface area (Å²) in [6, 6.07) is 10.0. The largest absolute Gasteiger partial charge is 0.486 e. The second-order valence-corrected chi connectivity index (χ2v) is 6.18. The SMILES string of the molecule is Cc1cc(C(=O)COC(=O)c2ccc3c(c2)OCCO3)ccc1Br. The van der Waals surface area contributed by atoms with Gasteiger partial charge in [-0.05, 0) is 42.8 Å². The zero-order valence-electron chi connectivity index (χ0n) is 13.0. The molecule has 0 N–H and O–H groups in total. The second-order valence-electron chi connectivity index (χ2n) is 5.32. The fourth-order valence-corrected chi connectivity index (χ4v) is 2.53. The number of ether oxygens (including phenoxy) is 3. The van der Waals surface area contributed by atoms with E-state index in [9.17, 15) is 9.59 Å². The quantitative estimate of drug-likeness (QED) is 0.589. The Bertz CT molecular complexity index is 800. The molecule has 0 spiro atoms. The van der Waals surface area contributed by atoms with Crippen LogP contribution in [0.3, 0.4) is 0 Å². The van der Waals surface area contributed by atoms with Crippen LogP contribution < -0.4 is 9.47 Å². The van der Waals surface area contributed by atoms with Gasteiger partial charge < -0.3 is 14.2 Å². The fraction of sp³-hybridized carbons (Fsp3) is 0.222. The number of hydrogen-bond donors (Lipinski definition) is 0. The molecular formula is C18H15BrO5. The van der Waals surface area contributed by atoms with Gasteiger partial charge in [0, 0.05) is 10.0 Å². The van der Waals surface area contributed by atoms with Gasteiger partial charge in [-0.1, -0.05) is 22.0 Å². The molecule has 1 heterocycles. The molecule has 0 amide bonds. The van der Waals surface area contributed by atoms with Crippen LogP contribution in [-0.4, -0.2) is 31.6 Å². The van der Waals surface area contributed by atoms with Crippen molar-refractivity contribution in [2.24, 2.45) is 0 Å². The van der Waals surface area contributed by atoms with E-state index in [4.69, 9.17) is 14.2 Å². The van der Waals surface area contributed by atoms with Gasteiger partial charge in [0.15, 0.2) is 23.9 Å². The Morgan fingerprint density at radius 3 is 2.50 bits per heavy atom. The van der Waals surface area contributed by atoms with Crippen molar-refractivity contribution in [3.8, 4) is 11.5 Å². The van der Waals surface area contributed by atoms with Gasteiger partial charge in [0.25, 0.3) is 0 Å². The zero-order valence-corrected chi connectivity index (χ0v) is 14.6. The molecule has 0 aromatic heterocycles. The number of carbonyl (C=O) groups is 2. The Morgan fingerprint density at radius 2 is 1.75 bits per heavy atom. The highest BCUT2D eigenvalue weighted by molar-refractivity contribution is 9.10. The standard InChI is InChI=1S/C18H15BrO5/c1-11-8-12(2-4-14(11)19)15(20)10-24-18(21)13-3-5-16-17(9-13)23-7-6-22-16/h2-5,8-9H,6-7,10H2,1H3. The van der Waals surface area contributed by atoms with E-state index in [0.717, 1.165) is 10.0 Å². The summed E-state index contributed by atoms with van der Waals surface area (Å²) in [6.07, 6.45) is 0. The van der Waals surface area contributed by atoms with E-state index in [1.807, 2.05) is 6.92 Å². The minimum atomic E-state index is -0.575. The number of hydrogen-bond acceptors (Lipinski definition) is 5. The molecule has 0 unspecified atom stereocenters. The number of ketones is 1. The lowest BCUT2D eigenvalue weighted by Crippen LogP contribution is -2.17. The van der Waals surface area contributed by atoms with Gasteiger partial charge in [-0.15, -0.1) is 0 Å². The van der Waals surface area contributed by atoms with Crippen LogP contribution in [0.4, 0.5) is 0 Å². The Hall–Kier alpha value is -2.34. The highest BCUT2D eigenvalue weighted by atomic mass is 79.9. The first-order valence-corrected chi connectivity index (χ1v) is 8.20. The Labute approximate surface area is 147 Å². The molecule has 124 valence electrons. The summed E-state index contributed by atoms with van der Waals surface area (Å²) in [6.45, 7) is 2.50. The third kappa shape index (κ3) is 3.59. The van der Waals surface area contributed by atoms with Crippen LogP contribution in [0.15, 0.2) is 40.9 Å². The van der Waals surface area contributed by atoms with E-state index in [-0.39, 0.29) is 12.4 Å². The van der Waals surface area contributed by atoms with E-state index in [0.29, 0.717) is 35.8 Å². The highest BCUT2D eigenvalue weighted by Crippen LogP contribution is 2.30. The summed E-state index contributed by atoms with van der Waals surface area (Å²) in [5.41, 5.74) is 1.77. The number of benzene rings is 2. The van der Waals surface area contributed by atoms with Gasteiger partial charge in [-0.2, -0.15) is 0 Å². The Morgan fingerprint density at radius 1 is 1.04 bits per heavy atom. The molecule has 0 saturated carbocycles. The molecule has 0 fully saturated rings. The highest BCUT2D eigenvalue weighted by Gasteiger charge is 2.17. The molecule has 0 atom stereocenters. The van der Waals surface area contributed by atoms with E-state index >= 15 is 0 Å². The second kappa shape index (κ2) is 7.05. The van der Waals surface area contributed by atoms with Crippen molar-refractivity contribution < 1.29 is 23.8 Å². The predicted molar refractivity (Wildman–Crippen MR) is 90.9 cm³/mol. The maximum atomic E-state index is 12.1. The third-order valence-electron chi connectivity index (χ3n) is 3.59. The van der Waals surface area contributed by atoms with E-state index in [1.165, 1.54) is 0 Å². The lowest BCUT2D eigenvalue weighted by atomic mass is 10.1. The fourth-order valence-electron chi connectivity index (χ4n) is 2.29. The number of halogens is 1. The first-order valence-electron chi connectivity index (χ1n) is 7.41. The van der Waals surface area contributed by atoms with Gasteiger partial charge in [-0.3, -0.25) is 4.79 Å². The molecule has 0 bridgehead atoms. The van der Waals surface area contributed by atoms with Crippen molar-refractivity contribution in [3.63, 3.8) is 0 Å². The maximum absolute atomic E-state index is 12.1. The van der Waals surface area contributed by atoms with Crippen molar-refractivity contribution in [1.82, 2.24) is 0 Å². The predicted octanol–water partition coefficient (Wildman–Crippen LogP) is 3.57. The van der Waals surface area contributed by atoms with Crippen LogP contribution in [0.5, 0.6) is 11.5 Å². The van der Waals surface area contributed by atoms with Crippen molar-refractivity contribution in [2.75, 3.05) is 19.8 Å². The number of Topliss-reactive ketones (excluding diaryl/α,β-unsaturated/α-hetero) is 1. The molecule has 1 aliphatic heterocycles. The lowest BCUT2D eigenvalue weighted by molar-refractivity contribution is 0.0474. The smallest absolute Gasteiger partial charge is 0.338 e. The van der Waals surface area contributed by atoms with Crippen LogP contribution in [0.2, 0.25) is 0 Å². The van der Waals surface area contributed by atoms with Crippen molar-refractivity contribution >= 4 is 27.7 Å². The minimum absolute atomic E-state index is 0.253. The number of carbonyl (C=O) groups excluding carboxylic acids is 2. The van der Waals surface area contributed by atoms with Crippen molar-refractivity contribution in [2.45, 2.75) is 6.92 Å². The molecule has 2 aromatic rings. The Balaban J connectivity index is 1.64. The van der Waals surface area contributed by atoms with Gasteiger partial charge in [0.05, 0.1) is 5.56 Å². The molecule has 3 rings (SSSR count). The maximum Gasteiger partial charge on any atom is 0.338 e. The summed E-state index contributed by atoms with van der Waals surface area (Å²) in [7, 11) is 0. The van der Waals surface area contributed by atoms with E-state index in [1.54, 1.807) is 36.4 Å². The molecule has 1 aliphatic rings. The van der Waals surface area contributed by atoms with Crippen LogP contribution in [-0.2, 0) is 4.74 Å². The summed E-state index contributed by atoms with van der Waals surface area (Å²) in [5, 5.41) is 0. The zero-order chi connectivity index (χ0) is 17.1. The molecule has 0 saturated heterocycles. The molecular weight excluding hydrogens is 376 g/mol. The van der Waals surface area contributed by atoms with Crippen molar-refractivity contribution in [3.05, 3.63) is 57.6 Å². The monoisotopic (exact) mass is 390 g/mol. The number of aryl methyl sites for hydroxylation is 1. The molecule has 24 heavy (non-hydrogen) atoms. The first kappa shape index (κ1) is 16.5. The lowest BCUT2D eigenvalue weighted by Gasteiger charge is -2.18. The Kier molecular flexibility index (Phi) is 4.85. The van der Waals surface area contributed by atoms with Gasteiger partial charge in [0.1, 0.15) is 13.2 Å². The third-order valence-corrected chi connectivity index (χ3v) is 4.48. The molecule has 5 nitrogen and oxygen atoms in total. The van der Waals surface area contributed by atoms with E-state index in [2.05, 4.69) is 15.9 Å². The topological polar surface area (TPSA) is 61.8 Å². The van der Waals surface area contributed by atoms with Crippen LogP contribution in [0, 0.1) is 6.92 Å². The summed E-state index contributed by atoms with van der Waals surface area (Å²) in [4.78, 5) is 24.2. The molecule has 2 aromatic carbocycles. The molecule has 0 aliphatic carbocycles. The van der Waals surface area contributed by atoms with Crippen LogP contribution in [0.25, 0.3) is 0 Å². The van der Waals surface area contributed by atoms with E-state index < -0.39 is 5.97 Å². The number of fused-ring (bicyclic) bond motifs is 1.